The van der Waals surface area contributed by atoms with Crippen molar-refractivity contribution in [3.63, 3.8) is 0 Å². The van der Waals surface area contributed by atoms with Crippen molar-refractivity contribution in [2.24, 2.45) is 0 Å². The Morgan fingerprint density at radius 1 is 1.00 bits per heavy atom. The summed E-state index contributed by atoms with van der Waals surface area (Å²) in [6.07, 6.45) is 0. The zero-order valence-corrected chi connectivity index (χ0v) is 15.5. The van der Waals surface area contributed by atoms with E-state index in [1.807, 2.05) is 32.0 Å². The lowest BCUT2D eigenvalue weighted by Crippen LogP contribution is -2.15. The number of anilines is 1. The minimum Gasteiger partial charge on any atom is -0.320 e. The van der Waals surface area contributed by atoms with E-state index in [9.17, 15) is 4.79 Å². The predicted octanol–water partition coefficient (Wildman–Crippen LogP) is 4.75. The molecule has 3 rings (SSSR count). The van der Waals surface area contributed by atoms with Gasteiger partial charge in [0.2, 0.25) is 0 Å². The normalized spacial score (nSPS) is 10.8. The maximum Gasteiger partial charge on any atom is 0.278 e. The highest BCUT2D eigenvalue weighted by Crippen LogP contribution is 2.23. The topological polar surface area (TPSA) is 59.8 Å². The molecule has 7 heteroatoms. The van der Waals surface area contributed by atoms with Crippen molar-refractivity contribution in [3.05, 3.63) is 69.0 Å². The third kappa shape index (κ3) is 3.52. The molecule has 0 bridgehead atoms. The van der Waals surface area contributed by atoms with E-state index in [0.717, 1.165) is 16.8 Å². The molecular formula is C18H16Cl2N4O. The van der Waals surface area contributed by atoms with Gasteiger partial charge in [-0.1, -0.05) is 40.5 Å². The Morgan fingerprint density at radius 3 is 2.36 bits per heavy atom. The highest BCUT2D eigenvalue weighted by atomic mass is 35.5. The van der Waals surface area contributed by atoms with Crippen molar-refractivity contribution in [3.8, 4) is 5.69 Å². The average molecular weight is 375 g/mol. The van der Waals surface area contributed by atoms with Crippen LogP contribution in [0.15, 0.2) is 36.4 Å². The molecule has 0 unspecified atom stereocenters. The van der Waals surface area contributed by atoms with Crippen LogP contribution in [0.4, 0.5) is 5.69 Å². The van der Waals surface area contributed by atoms with E-state index in [-0.39, 0.29) is 11.6 Å². The summed E-state index contributed by atoms with van der Waals surface area (Å²) in [5.41, 5.74) is 4.20. The van der Waals surface area contributed by atoms with Crippen LogP contribution in [0, 0.1) is 20.8 Å². The summed E-state index contributed by atoms with van der Waals surface area (Å²) in [5.74, 6) is -0.339. The van der Waals surface area contributed by atoms with Crippen LogP contribution in [0.25, 0.3) is 5.69 Å². The van der Waals surface area contributed by atoms with Crippen LogP contribution in [0.2, 0.25) is 10.0 Å². The molecule has 0 fully saturated rings. The molecule has 1 heterocycles. The van der Waals surface area contributed by atoms with Gasteiger partial charge in [-0.3, -0.25) is 4.79 Å². The van der Waals surface area contributed by atoms with Crippen molar-refractivity contribution in [1.82, 2.24) is 15.0 Å². The minimum absolute atomic E-state index is 0.249. The van der Waals surface area contributed by atoms with Crippen LogP contribution < -0.4 is 5.32 Å². The Labute approximate surface area is 155 Å². The van der Waals surface area contributed by atoms with Gasteiger partial charge in [0.05, 0.1) is 11.4 Å². The molecule has 0 radical (unpaired) electrons. The van der Waals surface area contributed by atoms with Gasteiger partial charge < -0.3 is 5.32 Å². The van der Waals surface area contributed by atoms with Gasteiger partial charge in [0.1, 0.15) is 0 Å². The highest BCUT2D eigenvalue weighted by molar-refractivity contribution is 6.31. The maximum absolute atomic E-state index is 12.6. The van der Waals surface area contributed by atoms with Gasteiger partial charge in [0.25, 0.3) is 5.91 Å². The number of carbonyl (C=O) groups is 1. The third-order valence-electron chi connectivity index (χ3n) is 3.96. The summed E-state index contributed by atoms with van der Waals surface area (Å²) in [6, 6.07) is 10.8. The molecule has 0 saturated heterocycles. The Bertz CT molecular complexity index is 966. The summed E-state index contributed by atoms with van der Waals surface area (Å²) in [6.45, 7) is 5.63. The van der Waals surface area contributed by atoms with E-state index >= 15 is 0 Å². The van der Waals surface area contributed by atoms with Gasteiger partial charge in [-0.2, -0.15) is 0 Å². The first-order valence-electron chi connectivity index (χ1n) is 7.63. The minimum atomic E-state index is -0.339. The number of nitrogens with one attached hydrogen (secondary N) is 1. The van der Waals surface area contributed by atoms with Crippen LogP contribution in [-0.2, 0) is 0 Å². The Morgan fingerprint density at radius 2 is 1.64 bits per heavy atom. The lowest BCUT2D eigenvalue weighted by molar-refractivity contribution is 0.102. The summed E-state index contributed by atoms with van der Waals surface area (Å²) < 4.78 is 1.61. The Hall–Kier alpha value is -2.37. The average Bonchev–Trinajstić information content (AvgIpc) is 2.95. The largest absolute Gasteiger partial charge is 0.320 e. The van der Waals surface area contributed by atoms with Gasteiger partial charge in [-0.25, -0.2) is 4.68 Å². The molecule has 25 heavy (non-hydrogen) atoms. The SMILES string of the molecule is Cc1ccc(Cl)cc1NC(=O)c1nnn(-c2cc(Cl)ccc2C)c1C. The zero-order valence-electron chi connectivity index (χ0n) is 14.0. The second-order valence-electron chi connectivity index (χ2n) is 5.78. The van der Waals surface area contributed by atoms with E-state index in [1.165, 1.54) is 0 Å². The van der Waals surface area contributed by atoms with E-state index in [2.05, 4.69) is 15.6 Å². The lowest BCUT2D eigenvalue weighted by Gasteiger charge is -2.09. The fourth-order valence-electron chi connectivity index (χ4n) is 2.49. The second-order valence-corrected chi connectivity index (χ2v) is 6.65. The molecule has 1 aromatic heterocycles. The number of carbonyl (C=O) groups excluding carboxylic acids is 1. The molecule has 0 aliphatic heterocycles. The fraction of sp³-hybridized carbons (Fsp3) is 0.167. The molecule has 2 aromatic carbocycles. The number of halogens is 2. The second kappa shape index (κ2) is 6.86. The smallest absolute Gasteiger partial charge is 0.278 e. The number of aromatic nitrogens is 3. The number of hydrogen-bond acceptors (Lipinski definition) is 3. The molecule has 0 atom stereocenters. The van der Waals surface area contributed by atoms with E-state index < -0.39 is 0 Å². The summed E-state index contributed by atoms with van der Waals surface area (Å²) in [4.78, 5) is 12.6. The molecular weight excluding hydrogens is 359 g/mol. The number of benzene rings is 2. The van der Waals surface area contributed by atoms with Crippen LogP contribution in [0.5, 0.6) is 0 Å². The molecule has 3 aromatic rings. The van der Waals surface area contributed by atoms with E-state index in [4.69, 9.17) is 23.2 Å². The first kappa shape index (κ1) is 17.5. The first-order chi connectivity index (χ1) is 11.9. The van der Waals surface area contributed by atoms with Gasteiger partial charge in [0, 0.05) is 15.7 Å². The van der Waals surface area contributed by atoms with Crippen LogP contribution in [0.3, 0.4) is 0 Å². The summed E-state index contributed by atoms with van der Waals surface area (Å²) in [5, 5.41) is 12.1. The molecule has 0 aliphatic rings. The molecule has 0 spiro atoms. The van der Waals surface area contributed by atoms with Crippen molar-refractivity contribution in [1.29, 1.82) is 0 Å². The number of amides is 1. The number of rotatable bonds is 3. The molecule has 1 amide bonds. The third-order valence-corrected chi connectivity index (χ3v) is 4.43. The lowest BCUT2D eigenvalue weighted by atomic mass is 10.2. The maximum atomic E-state index is 12.6. The number of hydrogen-bond donors (Lipinski definition) is 1. The van der Waals surface area contributed by atoms with Crippen molar-refractivity contribution < 1.29 is 4.79 Å². The summed E-state index contributed by atoms with van der Waals surface area (Å²) in [7, 11) is 0. The van der Waals surface area contributed by atoms with Gasteiger partial charge in [-0.05, 0) is 56.2 Å². The van der Waals surface area contributed by atoms with Crippen LogP contribution in [-0.4, -0.2) is 20.9 Å². The van der Waals surface area contributed by atoms with E-state index in [0.29, 0.717) is 21.4 Å². The molecule has 0 saturated carbocycles. The van der Waals surface area contributed by atoms with Gasteiger partial charge in [0.15, 0.2) is 5.69 Å². The molecule has 128 valence electrons. The van der Waals surface area contributed by atoms with Crippen LogP contribution >= 0.6 is 23.2 Å². The van der Waals surface area contributed by atoms with Crippen molar-refractivity contribution in [2.75, 3.05) is 5.32 Å². The standard InChI is InChI=1S/C18H16Cl2N4O/c1-10-4-6-13(19)8-15(10)21-18(25)17-12(3)24(23-22-17)16-9-14(20)7-5-11(16)2/h4-9H,1-3H3,(H,21,25). The van der Waals surface area contributed by atoms with Crippen molar-refractivity contribution >= 4 is 34.8 Å². The van der Waals surface area contributed by atoms with Gasteiger partial charge >= 0.3 is 0 Å². The predicted molar refractivity (Wildman–Crippen MR) is 100.0 cm³/mol. The zero-order chi connectivity index (χ0) is 18.1. The number of nitrogens with zero attached hydrogens (tertiary/aromatic N) is 3. The number of aryl methyl sites for hydroxylation is 2. The highest BCUT2D eigenvalue weighted by Gasteiger charge is 2.19. The molecule has 1 N–H and O–H groups in total. The quantitative estimate of drug-likeness (QED) is 0.719. The van der Waals surface area contributed by atoms with Crippen LogP contribution in [0.1, 0.15) is 27.3 Å². The summed E-state index contributed by atoms with van der Waals surface area (Å²) >= 11 is 12.1. The monoisotopic (exact) mass is 374 g/mol. The Kier molecular flexibility index (Phi) is 4.79. The Balaban J connectivity index is 1.94. The van der Waals surface area contributed by atoms with Gasteiger partial charge in [-0.15, -0.1) is 5.10 Å². The van der Waals surface area contributed by atoms with Crippen molar-refractivity contribution in [2.45, 2.75) is 20.8 Å². The molecule has 0 aliphatic carbocycles. The fourth-order valence-corrected chi connectivity index (χ4v) is 2.83. The molecule has 5 nitrogen and oxygen atoms in total. The first-order valence-corrected chi connectivity index (χ1v) is 8.38. The van der Waals surface area contributed by atoms with E-state index in [1.54, 1.807) is 29.8 Å².